The molecule has 2 rings (SSSR count). The third-order valence-corrected chi connectivity index (χ3v) is 4.15. The smallest absolute Gasteiger partial charge is 0.123 e. The highest BCUT2D eigenvalue weighted by Gasteiger charge is 2.20. The van der Waals surface area contributed by atoms with Crippen LogP contribution in [0, 0.1) is 0 Å². The molecule has 0 bridgehead atoms. The lowest BCUT2D eigenvalue weighted by Crippen LogP contribution is -2.38. The molecule has 0 amide bonds. The molecule has 4 nitrogen and oxygen atoms in total. The molecule has 1 aliphatic heterocycles. The van der Waals surface area contributed by atoms with Crippen LogP contribution in [0.25, 0.3) is 0 Å². The van der Waals surface area contributed by atoms with Crippen LogP contribution < -0.4 is 10.1 Å². The number of benzene rings is 1. The Morgan fingerprint density at radius 3 is 2.86 bits per heavy atom. The quantitative estimate of drug-likeness (QED) is 0.837. The van der Waals surface area contributed by atoms with Crippen LogP contribution in [0.3, 0.4) is 0 Å². The summed E-state index contributed by atoms with van der Waals surface area (Å²) in [4.78, 5) is 2.35. The molecule has 1 fully saturated rings. The Morgan fingerprint density at radius 2 is 2.19 bits per heavy atom. The average molecular weight is 292 g/mol. The van der Waals surface area contributed by atoms with Crippen LogP contribution in [0.4, 0.5) is 0 Å². The normalized spacial score (nSPS) is 20.5. The van der Waals surface area contributed by atoms with Crippen molar-refractivity contribution in [2.24, 2.45) is 0 Å². The molecule has 1 saturated heterocycles. The number of likely N-dealkylation sites (N-methyl/N-ethyl adjacent to an activating group) is 2. The van der Waals surface area contributed by atoms with E-state index in [-0.39, 0.29) is 6.04 Å². The summed E-state index contributed by atoms with van der Waals surface area (Å²) in [5.74, 6) is 0.944. The maximum atomic E-state index is 5.83. The number of para-hydroxylation sites is 1. The summed E-state index contributed by atoms with van der Waals surface area (Å²) >= 11 is 0. The van der Waals surface area contributed by atoms with Gasteiger partial charge in [-0.1, -0.05) is 18.2 Å². The zero-order valence-corrected chi connectivity index (χ0v) is 13.5. The van der Waals surface area contributed by atoms with Crippen molar-refractivity contribution < 1.29 is 9.47 Å². The lowest BCUT2D eigenvalue weighted by Gasteiger charge is -2.30. The van der Waals surface area contributed by atoms with Gasteiger partial charge in [-0.15, -0.1) is 0 Å². The largest absolute Gasteiger partial charge is 0.496 e. The fraction of sp³-hybridized carbons (Fsp3) is 0.647. The van der Waals surface area contributed by atoms with E-state index in [0.29, 0.717) is 6.10 Å². The van der Waals surface area contributed by atoms with Crippen LogP contribution in [-0.4, -0.2) is 51.9 Å². The van der Waals surface area contributed by atoms with Gasteiger partial charge in [0, 0.05) is 31.3 Å². The van der Waals surface area contributed by atoms with Gasteiger partial charge in [-0.2, -0.15) is 0 Å². The summed E-state index contributed by atoms with van der Waals surface area (Å²) in [7, 11) is 5.89. The lowest BCUT2D eigenvalue weighted by atomic mass is 10.0. The number of nitrogens with one attached hydrogen (secondary N) is 1. The topological polar surface area (TPSA) is 33.7 Å². The summed E-state index contributed by atoms with van der Waals surface area (Å²) in [6.45, 7) is 2.85. The Labute approximate surface area is 128 Å². The number of hydrogen-bond donors (Lipinski definition) is 1. The van der Waals surface area contributed by atoms with Gasteiger partial charge in [0.2, 0.25) is 0 Å². The molecule has 1 aromatic carbocycles. The van der Waals surface area contributed by atoms with Crippen LogP contribution in [0.15, 0.2) is 24.3 Å². The van der Waals surface area contributed by atoms with E-state index < -0.39 is 0 Å². The van der Waals surface area contributed by atoms with E-state index >= 15 is 0 Å². The first kappa shape index (κ1) is 16.3. The monoisotopic (exact) mass is 292 g/mol. The third-order valence-electron chi connectivity index (χ3n) is 4.15. The second kappa shape index (κ2) is 8.37. The molecule has 21 heavy (non-hydrogen) atoms. The van der Waals surface area contributed by atoms with Gasteiger partial charge in [-0.25, -0.2) is 0 Å². The predicted molar refractivity (Wildman–Crippen MR) is 85.9 cm³/mol. The van der Waals surface area contributed by atoms with E-state index in [4.69, 9.17) is 9.47 Å². The molecule has 0 saturated carbocycles. The van der Waals surface area contributed by atoms with Crippen LogP contribution in [0.1, 0.15) is 30.9 Å². The Bertz CT molecular complexity index is 419. The van der Waals surface area contributed by atoms with E-state index in [1.165, 1.54) is 24.8 Å². The maximum absolute atomic E-state index is 5.83. The summed E-state index contributed by atoms with van der Waals surface area (Å²) in [5, 5.41) is 3.40. The Morgan fingerprint density at radius 1 is 1.38 bits per heavy atom. The predicted octanol–water partition coefficient (Wildman–Crippen LogP) is 2.46. The molecule has 1 N–H and O–H groups in total. The minimum atomic E-state index is 0.259. The first-order valence-corrected chi connectivity index (χ1v) is 7.85. The molecule has 1 aromatic rings. The van der Waals surface area contributed by atoms with Gasteiger partial charge in [0.25, 0.3) is 0 Å². The van der Waals surface area contributed by atoms with E-state index in [2.05, 4.69) is 29.4 Å². The molecular weight excluding hydrogens is 264 g/mol. The second-order valence-electron chi connectivity index (χ2n) is 5.79. The fourth-order valence-electron chi connectivity index (χ4n) is 2.98. The lowest BCUT2D eigenvalue weighted by molar-refractivity contribution is -0.00256. The molecule has 118 valence electrons. The van der Waals surface area contributed by atoms with E-state index in [9.17, 15) is 0 Å². The van der Waals surface area contributed by atoms with E-state index in [1.54, 1.807) is 7.11 Å². The number of methoxy groups -OCH3 is 1. The highest BCUT2D eigenvalue weighted by molar-refractivity contribution is 5.36. The summed E-state index contributed by atoms with van der Waals surface area (Å²) < 4.78 is 11.3. The van der Waals surface area contributed by atoms with Gasteiger partial charge in [-0.3, -0.25) is 0 Å². The first-order valence-electron chi connectivity index (χ1n) is 7.85. The number of nitrogens with zero attached hydrogens (tertiary/aromatic N) is 1. The van der Waals surface area contributed by atoms with Crippen molar-refractivity contribution in [3.63, 3.8) is 0 Å². The van der Waals surface area contributed by atoms with Crippen molar-refractivity contribution >= 4 is 0 Å². The van der Waals surface area contributed by atoms with Gasteiger partial charge in [-0.05, 0) is 39.4 Å². The Kier molecular flexibility index (Phi) is 6.49. The molecule has 0 aliphatic carbocycles. The molecule has 4 heteroatoms. The standard InChI is InChI=1S/C17H28N2O2/c1-18-16(15-9-4-5-10-17(15)20-3)13-19(2)12-14-8-6-7-11-21-14/h4-5,9-10,14,16,18H,6-8,11-13H2,1-3H3. The minimum Gasteiger partial charge on any atom is -0.496 e. The van der Waals surface area contributed by atoms with Crippen LogP contribution in [-0.2, 0) is 4.74 Å². The third kappa shape index (κ3) is 4.70. The van der Waals surface area contributed by atoms with Crippen molar-refractivity contribution in [1.29, 1.82) is 0 Å². The number of rotatable bonds is 7. The van der Waals surface area contributed by atoms with Gasteiger partial charge < -0.3 is 19.7 Å². The zero-order valence-electron chi connectivity index (χ0n) is 13.5. The molecule has 1 heterocycles. The molecule has 2 unspecified atom stereocenters. The molecule has 2 atom stereocenters. The number of hydrogen-bond acceptors (Lipinski definition) is 4. The highest BCUT2D eigenvalue weighted by atomic mass is 16.5. The SMILES string of the molecule is CNC(CN(C)CC1CCCCO1)c1ccccc1OC. The van der Waals surface area contributed by atoms with Crippen molar-refractivity contribution in [3.8, 4) is 5.75 Å². The molecule has 1 aliphatic rings. The molecule has 0 radical (unpaired) electrons. The van der Waals surface area contributed by atoms with Crippen LogP contribution in [0.5, 0.6) is 5.75 Å². The van der Waals surface area contributed by atoms with Crippen molar-refractivity contribution in [2.75, 3.05) is 40.9 Å². The van der Waals surface area contributed by atoms with Crippen molar-refractivity contribution in [3.05, 3.63) is 29.8 Å². The molecule has 0 spiro atoms. The summed E-state index contributed by atoms with van der Waals surface area (Å²) in [6.07, 6.45) is 4.07. The van der Waals surface area contributed by atoms with Crippen LogP contribution in [0.2, 0.25) is 0 Å². The Balaban J connectivity index is 1.94. The Hall–Kier alpha value is -1.10. The second-order valence-corrected chi connectivity index (χ2v) is 5.79. The van der Waals surface area contributed by atoms with Crippen LogP contribution >= 0.6 is 0 Å². The first-order chi connectivity index (χ1) is 10.2. The minimum absolute atomic E-state index is 0.259. The molecular formula is C17H28N2O2. The van der Waals surface area contributed by atoms with Gasteiger partial charge in [0.15, 0.2) is 0 Å². The number of ether oxygens (including phenoxy) is 2. The molecule has 0 aromatic heterocycles. The highest BCUT2D eigenvalue weighted by Crippen LogP contribution is 2.25. The van der Waals surface area contributed by atoms with Crippen molar-refractivity contribution in [1.82, 2.24) is 10.2 Å². The average Bonchev–Trinajstić information content (AvgIpc) is 2.53. The summed E-state index contributed by atoms with van der Waals surface area (Å²) in [6, 6.07) is 8.48. The summed E-state index contributed by atoms with van der Waals surface area (Å²) in [5.41, 5.74) is 1.21. The van der Waals surface area contributed by atoms with Gasteiger partial charge in [0.05, 0.1) is 13.2 Å². The maximum Gasteiger partial charge on any atom is 0.123 e. The van der Waals surface area contributed by atoms with E-state index in [1.807, 2.05) is 19.2 Å². The van der Waals surface area contributed by atoms with Gasteiger partial charge >= 0.3 is 0 Å². The fourth-order valence-corrected chi connectivity index (χ4v) is 2.98. The zero-order chi connectivity index (χ0) is 15.1. The van der Waals surface area contributed by atoms with Gasteiger partial charge in [0.1, 0.15) is 5.75 Å². The van der Waals surface area contributed by atoms with E-state index in [0.717, 1.165) is 25.4 Å². The van der Waals surface area contributed by atoms with Crippen molar-refractivity contribution in [2.45, 2.75) is 31.4 Å².